The molecule has 178 valence electrons. The first-order valence-corrected chi connectivity index (χ1v) is 12.8. The number of hydrogen-bond donors (Lipinski definition) is 2. The van der Waals surface area contributed by atoms with Gasteiger partial charge in [0, 0.05) is 11.3 Å². The summed E-state index contributed by atoms with van der Waals surface area (Å²) in [5.41, 5.74) is 5.33. The average molecular weight is 485 g/mol. The van der Waals surface area contributed by atoms with Crippen molar-refractivity contribution >= 4 is 21.6 Å². The van der Waals surface area contributed by atoms with Crippen molar-refractivity contribution in [2.45, 2.75) is 31.7 Å². The molecule has 0 radical (unpaired) electrons. The molecule has 0 heterocycles. The summed E-state index contributed by atoms with van der Waals surface area (Å²) >= 11 is 0. The quantitative estimate of drug-likeness (QED) is 0.341. The summed E-state index contributed by atoms with van der Waals surface area (Å²) in [5, 5.41) is 3.09. The summed E-state index contributed by atoms with van der Waals surface area (Å²) in [6.45, 7) is 5.66. The third-order valence-corrected chi connectivity index (χ3v) is 7.39. The maximum absolute atomic E-state index is 13.3. The van der Waals surface area contributed by atoms with Crippen LogP contribution in [0.15, 0.2) is 102 Å². The van der Waals surface area contributed by atoms with E-state index in [1.54, 1.807) is 31.2 Å². The van der Waals surface area contributed by atoms with Crippen molar-refractivity contribution in [2.24, 2.45) is 0 Å². The van der Waals surface area contributed by atoms with Crippen molar-refractivity contribution in [3.63, 3.8) is 0 Å². The van der Waals surface area contributed by atoms with Gasteiger partial charge in [-0.1, -0.05) is 83.9 Å². The molecule has 5 nitrogen and oxygen atoms in total. The number of benzene rings is 4. The molecule has 4 aromatic rings. The Morgan fingerprint density at radius 2 is 1.29 bits per heavy atom. The molecule has 2 N–H and O–H groups in total. The van der Waals surface area contributed by atoms with E-state index in [1.807, 2.05) is 80.6 Å². The number of hydrogen-bond acceptors (Lipinski definition) is 3. The van der Waals surface area contributed by atoms with E-state index in [4.69, 9.17) is 0 Å². The SMILES string of the molecule is Cc1ccc(NS(=O)(=O)c2cc(C(=O)N[C@@H](c3ccccc3)c3ccc(C)cc3)ccc2C)cc1. The predicted molar refractivity (Wildman–Crippen MR) is 140 cm³/mol. The van der Waals surface area contributed by atoms with Crippen molar-refractivity contribution in [3.05, 3.63) is 130 Å². The van der Waals surface area contributed by atoms with Gasteiger partial charge in [-0.25, -0.2) is 8.42 Å². The molecule has 1 atom stereocenters. The minimum absolute atomic E-state index is 0.0670. The number of amides is 1. The fourth-order valence-electron chi connectivity index (χ4n) is 3.84. The van der Waals surface area contributed by atoms with Crippen molar-refractivity contribution < 1.29 is 13.2 Å². The van der Waals surface area contributed by atoms with E-state index in [0.717, 1.165) is 22.3 Å². The second-order valence-corrected chi connectivity index (χ2v) is 10.3. The van der Waals surface area contributed by atoms with Crippen molar-refractivity contribution in [1.29, 1.82) is 0 Å². The number of anilines is 1. The molecule has 0 aromatic heterocycles. The highest BCUT2D eigenvalue weighted by atomic mass is 32.2. The zero-order valence-corrected chi connectivity index (χ0v) is 20.8. The van der Waals surface area contributed by atoms with Gasteiger partial charge in [0.05, 0.1) is 10.9 Å². The molecule has 4 rings (SSSR count). The summed E-state index contributed by atoms with van der Waals surface area (Å²) in [4.78, 5) is 13.4. The Morgan fingerprint density at radius 1 is 0.714 bits per heavy atom. The van der Waals surface area contributed by atoms with E-state index < -0.39 is 10.0 Å². The molecule has 0 fully saturated rings. The molecule has 6 heteroatoms. The van der Waals surface area contributed by atoms with Crippen LogP contribution in [0.3, 0.4) is 0 Å². The van der Waals surface area contributed by atoms with Gasteiger partial charge in [-0.05, 0) is 61.7 Å². The van der Waals surface area contributed by atoms with Crippen LogP contribution >= 0.6 is 0 Å². The zero-order chi connectivity index (χ0) is 25.0. The van der Waals surface area contributed by atoms with E-state index in [9.17, 15) is 13.2 Å². The smallest absolute Gasteiger partial charge is 0.262 e. The van der Waals surface area contributed by atoms with E-state index in [0.29, 0.717) is 11.3 Å². The Balaban J connectivity index is 1.64. The second-order valence-electron chi connectivity index (χ2n) is 8.68. The molecule has 0 spiro atoms. The molecule has 0 saturated carbocycles. The van der Waals surface area contributed by atoms with Gasteiger partial charge in [-0.3, -0.25) is 9.52 Å². The third kappa shape index (κ3) is 5.78. The Labute approximate surface area is 206 Å². The molecule has 4 aromatic carbocycles. The Morgan fingerprint density at radius 3 is 1.91 bits per heavy atom. The minimum atomic E-state index is -3.88. The van der Waals surface area contributed by atoms with Gasteiger partial charge < -0.3 is 5.32 Å². The Bertz CT molecular complexity index is 1430. The van der Waals surface area contributed by atoms with Crippen LogP contribution in [0.4, 0.5) is 5.69 Å². The summed E-state index contributed by atoms with van der Waals surface area (Å²) in [7, 11) is -3.88. The maximum Gasteiger partial charge on any atom is 0.262 e. The highest BCUT2D eigenvalue weighted by molar-refractivity contribution is 7.92. The van der Waals surface area contributed by atoms with Crippen LogP contribution in [0.25, 0.3) is 0 Å². The largest absolute Gasteiger partial charge is 0.341 e. The molecule has 0 unspecified atom stereocenters. The van der Waals surface area contributed by atoms with Crippen LogP contribution in [-0.2, 0) is 10.0 Å². The molecule has 0 aliphatic rings. The molecule has 0 saturated heterocycles. The van der Waals surface area contributed by atoms with Crippen LogP contribution < -0.4 is 10.0 Å². The van der Waals surface area contributed by atoms with Crippen LogP contribution in [-0.4, -0.2) is 14.3 Å². The first-order chi connectivity index (χ1) is 16.7. The van der Waals surface area contributed by atoms with Gasteiger partial charge in [0.2, 0.25) is 0 Å². The number of carbonyl (C=O) groups excluding carboxylic acids is 1. The lowest BCUT2D eigenvalue weighted by Gasteiger charge is -2.20. The van der Waals surface area contributed by atoms with Gasteiger partial charge in [-0.15, -0.1) is 0 Å². The highest BCUT2D eigenvalue weighted by Gasteiger charge is 2.22. The van der Waals surface area contributed by atoms with Gasteiger partial charge >= 0.3 is 0 Å². The van der Waals surface area contributed by atoms with E-state index >= 15 is 0 Å². The van der Waals surface area contributed by atoms with Crippen LogP contribution in [0, 0.1) is 20.8 Å². The first kappa shape index (κ1) is 24.2. The van der Waals surface area contributed by atoms with E-state index in [-0.39, 0.29) is 22.4 Å². The van der Waals surface area contributed by atoms with Crippen LogP contribution in [0.2, 0.25) is 0 Å². The summed E-state index contributed by atoms with van der Waals surface area (Å²) in [5.74, 6) is -0.355. The molecular formula is C29H28N2O3S. The summed E-state index contributed by atoms with van der Waals surface area (Å²) < 4.78 is 28.9. The molecule has 1 amide bonds. The number of aryl methyl sites for hydroxylation is 3. The normalized spacial score (nSPS) is 12.1. The molecule has 0 aliphatic heterocycles. The molecular weight excluding hydrogens is 456 g/mol. The first-order valence-electron chi connectivity index (χ1n) is 11.4. The van der Waals surface area contributed by atoms with Crippen LogP contribution in [0.5, 0.6) is 0 Å². The van der Waals surface area contributed by atoms with Crippen molar-refractivity contribution in [3.8, 4) is 0 Å². The average Bonchev–Trinajstić information content (AvgIpc) is 2.85. The fourth-order valence-corrected chi connectivity index (χ4v) is 5.17. The minimum Gasteiger partial charge on any atom is -0.341 e. The van der Waals surface area contributed by atoms with Crippen molar-refractivity contribution in [1.82, 2.24) is 5.32 Å². The highest BCUT2D eigenvalue weighted by Crippen LogP contribution is 2.25. The summed E-state index contributed by atoms with van der Waals surface area (Å²) in [6.07, 6.45) is 0. The lowest BCUT2D eigenvalue weighted by Crippen LogP contribution is -2.29. The topological polar surface area (TPSA) is 75.3 Å². The number of rotatable bonds is 7. The van der Waals surface area contributed by atoms with Gasteiger partial charge in [-0.2, -0.15) is 0 Å². The Kier molecular flexibility index (Phi) is 7.03. The van der Waals surface area contributed by atoms with Gasteiger partial charge in [0.15, 0.2) is 0 Å². The fraction of sp³-hybridized carbons (Fsp3) is 0.138. The van der Waals surface area contributed by atoms with Crippen LogP contribution in [0.1, 0.15) is 44.2 Å². The van der Waals surface area contributed by atoms with Gasteiger partial charge in [0.25, 0.3) is 15.9 Å². The number of nitrogens with one attached hydrogen (secondary N) is 2. The van der Waals surface area contributed by atoms with E-state index in [1.165, 1.54) is 6.07 Å². The maximum atomic E-state index is 13.3. The van der Waals surface area contributed by atoms with Gasteiger partial charge in [0.1, 0.15) is 0 Å². The summed E-state index contributed by atoms with van der Waals surface area (Å²) in [6, 6.07) is 29.1. The standard InChI is InChI=1S/C29H28N2O3S/c1-20-9-14-24(15-10-20)28(23-7-5-4-6-8-23)30-29(32)25-16-13-22(3)27(19-25)35(33,34)31-26-17-11-21(2)12-18-26/h4-19,28,31H,1-3H3,(H,30,32)/t28-/m0/s1. The van der Waals surface area contributed by atoms with E-state index in [2.05, 4.69) is 10.0 Å². The molecule has 0 aliphatic carbocycles. The lowest BCUT2D eigenvalue weighted by atomic mass is 9.97. The van der Waals surface area contributed by atoms with Crippen molar-refractivity contribution in [2.75, 3.05) is 4.72 Å². The number of carbonyl (C=O) groups is 1. The molecule has 35 heavy (non-hydrogen) atoms. The molecule has 0 bridgehead atoms. The zero-order valence-electron chi connectivity index (χ0n) is 19.9. The second kappa shape index (κ2) is 10.2. The Hall–Kier alpha value is -3.90. The predicted octanol–water partition coefficient (Wildman–Crippen LogP) is 5.93. The third-order valence-electron chi connectivity index (χ3n) is 5.86. The number of sulfonamides is 1. The lowest BCUT2D eigenvalue weighted by molar-refractivity contribution is 0.0942. The monoisotopic (exact) mass is 484 g/mol.